The molecule has 0 spiro atoms. The van der Waals surface area contributed by atoms with Crippen molar-refractivity contribution in [3.8, 4) is 6.07 Å². The van der Waals surface area contributed by atoms with E-state index in [9.17, 15) is 18.5 Å². The minimum absolute atomic E-state index is 0.0619. The third kappa shape index (κ3) is 2.32. The van der Waals surface area contributed by atoms with Gasteiger partial charge in [-0.1, -0.05) is 0 Å². The first-order valence-electron chi connectivity index (χ1n) is 3.60. The number of hydrogen-bond acceptors (Lipinski definition) is 5. The molecule has 0 aliphatic heterocycles. The molecule has 84 valence electrons. The van der Waals surface area contributed by atoms with Crippen LogP contribution in [0, 0.1) is 21.4 Å². The number of nitro groups is 1. The van der Waals surface area contributed by atoms with Crippen molar-refractivity contribution >= 4 is 41.4 Å². The summed E-state index contributed by atoms with van der Waals surface area (Å²) in [6, 6.07) is 3.87. The van der Waals surface area contributed by atoms with E-state index >= 15 is 0 Å². The topological polar surface area (TPSA) is 101 Å². The normalized spacial score (nSPS) is 10.8. The van der Waals surface area contributed by atoms with E-state index in [2.05, 4.69) is 15.9 Å². The van der Waals surface area contributed by atoms with Crippen LogP contribution < -0.4 is 0 Å². The van der Waals surface area contributed by atoms with Gasteiger partial charge in [0.15, 0.2) is 4.90 Å². The molecule has 0 bridgehead atoms. The molecular weight excluding hydrogens is 324 g/mol. The summed E-state index contributed by atoms with van der Waals surface area (Å²) in [5, 5.41) is 19.4. The standard InChI is InChI=1S/C7H2BrClN2O4S/c8-5-2-1-4(3-10)6(11(12)13)7(5)16(9,14)15/h1-2H. The van der Waals surface area contributed by atoms with Crippen molar-refractivity contribution in [1.29, 1.82) is 5.26 Å². The number of rotatable bonds is 2. The fourth-order valence-electron chi connectivity index (χ4n) is 1.05. The fraction of sp³-hybridized carbons (Fsp3) is 0. The highest BCUT2D eigenvalue weighted by Gasteiger charge is 2.30. The van der Waals surface area contributed by atoms with Crippen molar-refractivity contribution in [2.75, 3.05) is 0 Å². The Morgan fingerprint density at radius 2 is 2.06 bits per heavy atom. The van der Waals surface area contributed by atoms with Crippen LogP contribution in [0.4, 0.5) is 5.69 Å². The van der Waals surface area contributed by atoms with Crippen molar-refractivity contribution in [1.82, 2.24) is 0 Å². The molecule has 0 amide bonds. The van der Waals surface area contributed by atoms with Gasteiger partial charge in [0.1, 0.15) is 11.6 Å². The summed E-state index contributed by atoms with van der Waals surface area (Å²) in [7, 11) is 0.761. The first kappa shape index (κ1) is 12.9. The van der Waals surface area contributed by atoms with Gasteiger partial charge >= 0.3 is 5.69 Å². The summed E-state index contributed by atoms with van der Waals surface area (Å²) in [4.78, 5) is 9.04. The lowest BCUT2D eigenvalue weighted by atomic mass is 10.2. The average Bonchev–Trinajstić information content (AvgIpc) is 2.15. The van der Waals surface area contributed by atoms with E-state index in [1.165, 1.54) is 12.1 Å². The molecule has 1 aromatic carbocycles. The molecule has 0 aromatic heterocycles. The predicted octanol–water partition coefficient (Wildman–Crippen LogP) is 2.16. The molecule has 0 heterocycles. The molecule has 0 saturated carbocycles. The summed E-state index contributed by atoms with van der Waals surface area (Å²) in [6.45, 7) is 0. The Balaban J connectivity index is 3.85. The number of halogens is 2. The largest absolute Gasteiger partial charge is 0.308 e. The number of nitro benzene ring substituents is 1. The van der Waals surface area contributed by atoms with Crippen molar-refractivity contribution in [2.24, 2.45) is 0 Å². The zero-order valence-electron chi connectivity index (χ0n) is 7.35. The van der Waals surface area contributed by atoms with Crippen LogP contribution in [0.1, 0.15) is 5.56 Å². The zero-order chi connectivity index (χ0) is 12.5. The Hall–Kier alpha value is -1.17. The molecule has 0 saturated heterocycles. The molecule has 1 aromatic rings. The van der Waals surface area contributed by atoms with E-state index in [1.54, 1.807) is 0 Å². The summed E-state index contributed by atoms with van der Waals surface area (Å²) in [5.74, 6) is 0. The second kappa shape index (κ2) is 4.37. The monoisotopic (exact) mass is 324 g/mol. The van der Waals surface area contributed by atoms with Crippen LogP contribution in [0.2, 0.25) is 0 Å². The molecule has 16 heavy (non-hydrogen) atoms. The third-order valence-electron chi connectivity index (χ3n) is 1.63. The molecule has 0 N–H and O–H groups in total. The number of benzene rings is 1. The van der Waals surface area contributed by atoms with Gasteiger partial charge < -0.3 is 0 Å². The minimum Gasteiger partial charge on any atom is -0.258 e. The SMILES string of the molecule is N#Cc1ccc(Br)c(S(=O)(=O)Cl)c1[N+](=O)[O-]. The van der Waals surface area contributed by atoms with Crippen molar-refractivity contribution < 1.29 is 13.3 Å². The van der Waals surface area contributed by atoms with Crippen LogP contribution in [0.3, 0.4) is 0 Å². The van der Waals surface area contributed by atoms with Crippen LogP contribution in [-0.2, 0) is 9.05 Å². The highest BCUT2D eigenvalue weighted by molar-refractivity contribution is 9.10. The molecule has 6 nitrogen and oxygen atoms in total. The lowest BCUT2D eigenvalue weighted by Gasteiger charge is -2.02. The van der Waals surface area contributed by atoms with Gasteiger partial charge in [-0.05, 0) is 28.1 Å². The van der Waals surface area contributed by atoms with Crippen LogP contribution in [0.5, 0.6) is 0 Å². The first-order valence-corrected chi connectivity index (χ1v) is 6.71. The van der Waals surface area contributed by atoms with Gasteiger partial charge in [-0.2, -0.15) is 5.26 Å². The second-order valence-electron chi connectivity index (χ2n) is 2.58. The van der Waals surface area contributed by atoms with E-state index in [1.807, 2.05) is 0 Å². The van der Waals surface area contributed by atoms with Crippen LogP contribution in [0.25, 0.3) is 0 Å². The van der Waals surface area contributed by atoms with E-state index in [-0.39, 0.29) is 10.0 Å². The van der Waals surface area contributed by atoms with Crippen LogP contribution >= 0.6 is 26.6 Å². The Labute approximate surface area is 103 Å². The Bertz CT molecular complexity index is 608. The molecule has 0 unspecified atom stereocenters. The second-order valence-corrected chi connectivity index (χ2v) is 5.94. The molecule has 0 radical (unpaired) electrons. The average molecular weight is 326 g/mol. The number of nitrogens with zero attached hydrogens (tertiary/aromatic N) is 2. The van der Waals surface area contributed by atoms with Gasteiger partial charge in [0.25, 0.3) is 9.05 Å². The highest BCUT2D eigenvalue weighted by atomic mass is 79.9. The quantitative estimate of drug-likeness (QED) is 0.471. The maximum absolute atomic E-state index is 11.2. The number of nitriles is 1. The Morgan fingerprint density at radius 3 is 2.44 bits per heavy atom. The van der Waals surface area contributed by atoms with Gasteiger partial charge in [0.2, 0.25) is 0 Å². The van der Waals surface area contributed by atoms with Gasteiger partial charge in [0.05, 0.1) is 4.92 Å². The van der Waals surface area contributed by atoms with E-state index < -0.39 is 24.6 Å². The molecule has 9 heteroatoms. The van der Waals surface area contributed by atoms with E-state index in [0.717, 1.165) is 6.07 Å². The smallest absolute Gasteiger partial charge is 0.258 e. The summed E-state index contributed by atoms with van der Waals surface area (Å²) in [6.07, 6.45) is 0. The van der Waals surface area contributed by atoms with E-state index in [0.29, 0.717) is 0 Å². The van der Waals surface area contributed by atoms with Crippen LogP contribution in [-0.4, -0.2) is 13.3 Å². The maximum Gasteiger partial charge on any atom is 0.308 e. The first-order chi connectivity index (χ1) is 7.29. The summed E-state index contributed by atoms with van der Waals surface area (Å²) in [5.41, 5.74) is -1.20. The fourth-order valence-corrected chi connectivity index (χ4v) is 3.47. The lowest BCUT2D eigenvalue weighted by molar-refractivity contribution is -0.388. The van der Waals surface area contributed by atoms with Crippen LogP contribution in [0.15, 0.2) is 21.5 Å². The van der Waals surface area contributed by atoms with Gasteiger partial charge in [0, 0.05) is 15.2 Å². The molecule has 1 rings (SSSR count). The minimum atomic E-state index is -4.31. The number of hydrogen-bond donors (Lipinski definition) is 0. The summed E-state index contributed by atoms with van der Waals surface area (Å²) < 4.78 is 22.3. The van der Waals surface area contributed by atoms with Gasteiger partial charge in [-0.3, -0.25) is 10.1 Å². The van der Waals surface area contributed by atoms with E-state index in [4.69, 9.17) is 15.9 Å². The Morgan fingerprint density at radius 1 is 1.50 bits per heavy atom. The van der Waals surface area contributed by atoms with Gasteiger partial charge in [-0.15, -0.1) is 0 Å². The lowest BCUT2D eigenvalue weighted by Crippen LogP contribution is -2.02. The predicted molar refractivity (Wildman–Crippen MR) is 58.6 cm³/mol. The molecular formula is C7H2BrClN2O4S. The highest BCUT2D eigenvalue weighted by Crippen LogP contribution is 2.36. The summed E-state index contributed by atoms with van der Waals surface area (Å²) >= 11 is 2.84. The Kier molecular flexibility index (Phi) is 3.52. The zero-order valence-corrected chi connectivity index (χ0v) is 10.5. The van der Waals surface area contributed by atoms with Crippen molar-refractivity contribution in [3.05, 3.63) is 32.3 Å². The molecule has 0 fully saturated rings. The molecule has 0 atom stereocenters. The van der Waals surface area contributed by atoms with Crippen molar-refractivity contribution in [2.45, 2.75) is 4.90 Å². The third-order valence-corrected chi connectivity index (χ3v) is 3.92. The van der Waals surface area contributed by atoms with Gasteiger partial charge in [-0.25, -0.2) is 8.42 Å². The molecule has 0 aliphatic rings. The maximum atomic E-state index is 11.2. The molecule has 0 aliphatic carbocycles. The van der Waals surface area contributed by atoms with Crippen molar-refractivity contribution in [3.63, 3.8) is 0 Å².